The molecule has 0 radical (unpaired) electrons. The van der Waals surface area contributed by atoms with Gasteiger partial charge in [0.05, 0.1) is 12.6 Å². The van der Waals surface area contributed by atoms with Crippen LogP contribution in [0.1, 0.15) is 27.7 Å². The Hall–Kier alpha value is -2.70. The maximum atomic E-state index is 13.6. The number of methoxy groups -OCH3 is 1. The second-order valence-corrected chi connectivity index (χ2v) is 6.58. The number of amides is 1. The fourth-order valence-electron chi connectivity index (χ4n) is 3.15. The summed E-state index contributed by atoms with van der Waals surface area (Å²) in [6, 6.07) is 13.7. The molecule has 0 aliphatic heterocycles. The Kier molecular flexibility index (Phi) is 5.88. The van der Waals surface area contributed by atoms with Gasteiger partial charge in [0.15, 0.2) is 5.76 Å². The lowest BCUT2D eigenvalue weighted by Gasteiger charge is -2.25. The van der Waals surface area contributed by atoms with Gasteiger partial charge in [0.2, 0.25) is 0 Å². The number of nitrogens with zero attached hydrogens (tertiary/aromatic N) is 1. The van der Waals surface area contributed by atoms with Crippen molar-refractivity contribution in [2.45, 2.75) is 12.6 Å². The third kappa shape index (κ3) is 4.18. The average molecular weight is 370 g/mol. The van der Waals surface area contributed by atoms with Crippen molar-refractivity contribution in [1.29, 1.82) is 0 Å². The number of hydrogen-bond donors (Lipinski definition) is 1. The van der Waals surface area contributed by atoms with Gasteiger partial charge in [-0.1, -0.05) is 30.3 Å². The Labute approximate surface area is 157 Å². The molecule has 6 heteroatoms. The first-order valence-corrected chi connectivity index (χ1v) is 8.70. The molecule has 1 aromatic heterocycles. The van der Waals surface area contributed by atoms with Gasteiger partial charge in [0.25, 0.3) is 5.91 Å². The van der Waals surface area contributed by atoms with E-state index in [1.54, 1.807) is 13.2 Å². The second kappa shape index (κ2) is 8.33. The zero-order valence-corrected chi connectivity index (χ0v) is 15.7. The molecule has 1 N–H and O–H groups in total. The number of rotatable bonds is 7. The van der Waals surface area contributed by atoms with E-state index in [2.05, 4.69) is 5.32 Å². The molecule has 3 rings (SSSR count). The predicted octanol–water partition coefficient (Wildman–Crippen LogP) is 3.75. The Bertz CT molecular complexity index is 936. The van der Waals surface area contributed by atoms with Gasteiger partial charge in [-0.25, -0.2) is 4.39 Å². The number of ether oxygens (including phenoxy) is 1. The van der Waals surface area contributed by atoms with E-state index < -0.39 is 0 Å². The molecule has 0 bridgehead atoms. The van der Waals surface area contributed by atoms with Crippen LogP contribution in [0.25, 0.3) is 11.0 Å². The number of furan rings is 1. The van der Waals surface area contributed by atoms with Crippen molar-refractivity contribution in [3.05, 3.63) is 71.2 Å². The SMILES string of the molecule is COCc1c(C(=O)NC[C@@H](c2cccc(F)c2)N(C)C)oc2ccccc12. The molecule has 2 aromatic carbocycles. The van der Waals surface area contributed by atoms with Gasteiger partial charge in [-0.3, -0.25) is 4.79 Å². The first-order valence-electron chi connectivity index (χ1n) is 8.70. The summed E-state index contributed by atoms with van der Waals surface area (Å²) in [5.74, 6) is -0.373. The van der Waals surface area contributed by atoms with Crippen molar-refractivity contribution in [2.75, 3.05) is 27.7 Å². The number of fused-ring (bicyclic) bond motifs is 1. The molecule has 27 heavy (non-hydrogen) atoms. The van der Waals surface area contributed by atoms with Crippen molar-refractivity contribution < 1.29 is 18.3 Å². The standard InChI is InChI=1S/C21H23FN2O3/c1-24(2)18(14-7-6-8-15(22)11-14)12-23-21(25)20-17(13-26-3)16-9-4-5-10-19(16)27-20/h4-11,18H,12-13H2,1-3H3,(H,23,25)/t18-/m0/s1. The normalized spacial score (nSPS) is 12.5. The lowest BCUT2D eigenvalue weighted by Crippen LogP contribution is -2.34. The van der Waals surface area contributed by atoms with E-state index in [4.69, 9.17) is 9.15 Å². The van der Waals surface area contributed by atoms with E-state index in [1.165, 1.54) is 12.1 Å². The summed E-state index contributed by atoms with van der Waals surface area (Å²) in [6.07, 6.45) is 0. The van der Waals surface area contributed by atoms with Crippen molar-refractivity contribution in [3.8, 4) is 0 Å². The van der Waals surface area contributed by atoms with Gasteiger partial charge >= 0.3 is 0 Å². The number of nitrogens with one attached hydrogen (secondary N) is 1. The third-order valence-corrected chi connectivity index (χ3v) is 4.51. The van der Waals surface area contributed by atoms with Crippen LogP contribution in [0.15, 0.2) is 52.9 Å². The Morgan fingerprint density at radius 1 is 1.22 bits per heavy atom. The molecule has 1 amide bonds. The molecule has 0 saturated carbocycles. The molecule has 3 aromatic rings. The van der Waals surface area contributed by atoms with Crippen LogP contribution in [-0.4, -0.2) is 38.6 Å². The van der Waals surface area contributed by atoms with E-state index in [9.17, 15) is 9.18 Å². The number of benzene rings is 2. The van der Waals surface area contributed by atoms with E-state index in [-0.39, 0.29) is 30.1 Å². The number of hydrogen-bond acceptors (Lipinski definition) is 4. The van der Waals surface area contributed by atoms with Gasteiger partial charge in [-0.05, 0) is 37.9 Å². The summed E-state index contributed by atoms with van der Waals surface area (Å²) >= 11 is 0. The minimum Gasteiger partial charge on any atom is -0.451 e. The Balaban J connectivity index is 1.82. The third-order valence-electron chi connectivity index (χ3n) is 4.51. The second-order valence-electron chi connectivity index (χ2n) is 6.58. The molecule has 0 spiro atoms. The minimum absolute atomic E-state index is 0.167. The maximum absolute atomic E-state index is 13.6. The van der Waals surface area contributed by atoms with Crippen molar-refractivity contribution >= 4 is 16.9 Å². The molecule has 0 saturated heterocycles. The topological polar surface area (TPSA) is 54.7 Å². The van der Waals surface area contributed by atoms with Gasteiger partial charge in [0, 0.05) is 24.6 Å². The molecule has 1 atom stereocenters. The van der Waals surface area contributed by atoms with Crippen LogP contribution in [0.2, 0.25) is 0 Å². The zero-order valence-electron chi connectivity index (χ0n) is 15.7. The quantitative estimate of drug-likeness (QED) is 0.688. The highest BCUT2D eigenvalue weighted by Crippen LogP contribution is 2.27. The van der Waals surface area contributed by atoms with Crippen LogP contribution in [0, 0.1) is 5.82 Å². The molecule has 0 unspecified atom stereocenters. The van der Waals surface area contributed by atoms with Crippen LogP contribution in [0.4, 0.5) is 4.39 Å². The Morgan fingerprint density at radius 2 is 2.00 bits per heavy atom. The first-order chi connectivity index (χ1) is 13.0. The lowest BCUT2D eigenvalue weighted by atomic mass is 10.1. The number of halogens is 1. The summed E-state index contributed by atoms with van der Waals surface area (Å²) in [7, 11) is 5.36. The monoisotopic (exact) mass is 370 g/mol. The van der Waals surface area contributed by atoms with Crippen molar-refractivity contribution in [2.24, 2.45) is 0 Å². The molecule has 142 valence electrons. The van der Waals surface area contributed by atoms with Gasteiger partial charge < -0.3 is 19.4 Å². The number of carbonyl (C=O) groups is 1. The molecule has 0 aliphatic rings. The van der Waals surface area contributed by atoms with Crippen LogP contribution < -0.4 is 5.32 Å². The number of carbonyl (C=O) groups excluding carboxylic acids is 1. The van der Waals surface area contributed by atoms with Crippen molar-refractivity contribution in [3.63, 3.8) is 0 Å². The van der Waals surface area contributed by atoms with E-state index in [1.807, 2.05) is 49.3 Å². The number of para-hydroxylation sites is 1. The molecule has 0 fully saturated rings. The predicted molar refractivity (Wildman–Crippen MR) is 102 cm³/mol. The highest BCUT2D eigenvalue weighted by molar-refractivity contribution is 5.99. The minimum atomic E-state index is -0.318. The smallest absolute Gasteiger partial charge is 0.287 e. The average Bonchev–Trinajstić information content (AvgIpc) is 3.01. The van der Waals surface area contributed by atoms with Crippen LogP contribution in [0.5, 0.6) is 0 Å². The molecule has 0 aliphatic carbocycles. The zero-order chi connectivity index (χ0) is 19.4. The highest BCUT2D eigenvalue weighted by Gasteiger charge is 2.22. The summed E-state index contributed by atoms with van der Waals surface area (Å²) in [5, 5.41) is 3.77. The highest BCUT2D eigenvalue weighted by atomic mass is 19.1. The fraction of sp³-hybridized carbons (Fsp3) is 0.286. The van der Waals surface area contributed by atoms with Gasteiger partial charge in [-0.2, -0.15) is 0 Å². The molecule has 5 nitrogen and oxygen atoms in total. The van der Waals surface area contributed by atoms with Crippen molar-refractivity contribution in [1.82, 2.24) is 10.2 Å². The largest absolute Gasteiger partial charge is 0.451 e. The summed E-state index contributed by atoms with van der Waals surface area (Å²) in [4.78, 5) is 14.7. The first kappa shape index (κ1) is 19.1. The fourth-order valence-corrected chi connectivity index (χ4v) is 3.15. The van der Waals surface area contributed by atoms with E-state index >= 15 is 0 Å². The maximum Gasteiger partial charge on any atom is 0.287 e. The lowest BCUT2D eigenvalue weighted by molar-refractivity contribution is 0.0909. The van der Waals surface area contributed by atoms with Gasteiger partial charge in [-0.15, -0.1) is 0 Å². The van der Waals surface area contributed by atoms with Crippen LogP contribution in [0.3, 0.4) is 0 Å². The van der Waals surface area contributed by atoms with Crippen LogP contribution >= 0.6 is 0 Å². The van der Waals surface area contributed by atoms with Crippen LogP contribution in [-0.2, 0) is 11.3 Å². The summed E-state index contributed by atoms with van der Waals surface area (Å²) in [6.45, 7) is 0.597. The Morgan fingerprint density at radius 3 is 2.70 bits per heavy atom. The molecular formula is C21H23FN2O3. The van der Waals surface area contributed by atoms with E-state index in [0.717, 1.165) is 16.5 Å². The molecular weight excluding hydrogens is 347 g/mol. The van der Waals surface area contributed by atoms with Gasteiger partial charge in [0.1, 0.15) is 11.4 Å². The summed E-state index contributed by atoms with van der Waals surface area (Å²) in [5.41, 5.74) is 2.16. The number of likely N-dealkylation sites (N-methyl/N-ethyl adjacent to an activating group) is 1. The van der Waals surface area contributed by atoms with E-state index in [0.29, 0.717) is 12.1 Å². The summed E-state index contributed by atoms with van der Waals surface area (Å²) < 4.78 is 24.6. The molecule has 1 heterocycles.